The van der Waals surface area contributed by atoms with E-state index in [2.05, 4.69) is 5.32 Å². The van der Waals surface area contributed by atoms with E-state index in [9.17, 15) is 9.18 Å². The molecule has 1 aromatic carbocycles. The van der Waals surface area contributed by atoms with Crippen LogP contribution < -0.4 is 5.32 Å². The molecule has 0 saturated heterocycles. The van der Waals surface area contributed by atoms with Gasteiger partial charge in [0.1, 0.15) is 0 Å². The third-order valence-corrected chi connectivity index (χ3v) is 3.14. The number of alkyl halides is 1. The number of hydrogen-bond acceptors (Lipinski definition) is 1. The SMILES string of the molecule is CC(C)CC(CCl)NC(=O)c1cccc(Cl)c1F. The van der Waals surface area contributed by atoms with Crippen LogP contribution in [0.1, 0.15) is 30.6 Å². The van der Waals surface area contributed by atoms with Gasteiger partial charge in [0.25, 0.3) is 5.91 Å². The van der Waals surface area contributed by atoms with Gasteiger partial charge in [0.15, 0.2) is 5.82 Å². The van der Waals surface area contributed by atoms with Crippen molar-refractivity contribution in [2.24, 2.45) is 5.92 Å². The Morgan fingerprint density at radius 3 is 2.67 bits per heavy atom. The Labute approximate surface area is 116 Å². The average Bonchev–Trinajstić information content (AvgIpc) is 2.31. The number of nitrogens with one attached hydrogen (secondary N) is 1. The van der Waals surface area contributed by atoms with E-state index in [-0.39, 0.29) is 16.6 Å². The summed E-state index contributed by atoms with van der Waals surface area (Å²) in [5.74, 6) is -0.486. The molecule has 1 rings (SSSR count). The first kappa shape index (κ1) is 15.3. The fourth-order valence-electron chi connectivity index (χ4n) is 1.67. The van der Waals surface area contributed by atoms with E-state index in [4.69, 9.17) is 23.2 Å². The molecule has 18 heavy (non-hydrogen) atoms. The lowest BCUT2D eigenvalue weighted by Crippen LogP contribution is -2.37. The van der Waals surface area contributed by atoms with Crippen LogP contribution in [-0.4, -0.2) is 17.8 Å². The fraction of sp³-hybridized carbons (Fsp3) is 0.462. The molecule has 0 heterocycles. The zero-order chi connectivity index (χ0) is 13.7. The quantitative estimate of drug-likeness (QED) is 0.820. The second-order valence-corrected chi connectivity index (χ2v) is 5.27. The van der Waals surface area contributed by atoms with Crippen molar-refractivity contribution in [1.82, 2.24) is 5.32 Å². The molecule has 2 nitrogen and oxygen atoms in total. The Morgan fingerprint density at radius 1 is 1.44 bits per heavy atom. The highest BCUT2D eigenvalue weighted by atomic mass is 35.5. The van der Waals surface area contributed by atoms with E-state index in [1.807, 2.05) is 13.8 Å². The van der Waals surface area contributed by atoms with Gasteiger partial charge in [-0.05, 0) is 24.5 Å². The molecule has 0 saturated carbocycles. The van der Waals surface area contributed by atoms with Crippen LogP contribution in [-0.2, 0) is 0 Å². The number of hydrogen-bond donors (Lipinski definition) is 1. The molecular formula is C13H16Cl2FNO. The highest BCUT2D eigenvalue weighted by Gasteiger charge is 2.18. The van der Waals surface area contributed by atoms with Gasteiger partial charge in [-0.3, -0.25) is 4.79 Å². The van der Waals surface area contributed by atoms with Gasteiger partial charge in [0.05, 0.1) is 10.6 Å². The second kappa shape index (κ2) is 6.95. The largest absolute Gasteiger partial charge is 0.348 e. The molecule has 0 aliphatic rings. The smallest absolute Gasteiger partial charge is 0.254 e. The van der Waals surface area contributed by atoms with Crippen molar-refractivity contribution in [1.29, 1.82) is 0 Å². The van der Waals surface area contributed by atoms with Crippen LogP contribution in [0, 0.1) is 11.7 Å². The summed E-state index contributed by atoms with van der Waals surface area (Å²) in [6, 6.07) is 4.17. The lowest BCUT2D eigenvalue weighted by Gasteiger charge is -2.18. The summed E-state index contributed by atoms with van der Waals surface area (Å²) >= 11 is 11.4. The van der Waals surface area contributed by atoms with Gasteiger partial charge < -0.3 is 5.32 Å². The summed E-state index contributed by atoms with van der Waals surface area (Å²) in [5.41, 5.74) is -0.0543. The molecule has 1 atom stereocenters. The molecule has 0 spiro atoms. The van der Waals surface area contributed by atoms with Crippen molar-refractivity contribution in [3.05, 3.63) is 34.6 Å². The van der Waals surface area contributed by atoms with Crippen molar-refractivity contribution in [2.45, 2.75) is 26.3 Å². The Kier molecular flexibility index (Phi) is 5.89. The van der Waals surface area contributed by atoms with Gasteiger partial charge >= 0.3 is 0 Å². The van der Waals surface area contributed by atoms with Crippen LogP contribution in [0.3, 0.4) is 0 Å². The molecule has 1 amide bonds. The van der Waals surface area contributed by atoms with Gasteiger partial charge in [-0.2, -0.15) is 0 Å². The molecule has 0 fully saturated rings. The standard InChI is InChI=1S/C13H16Cl2FNO/c1-8(2)6-9(7-14)17-13(18)10-4-3-5-11(15)12(10)16/h3-5,8-9H,6-7H2,1-2H3,(H,17,18). The topological polar surface area (TPSA) is 29.1 Å². The summed E-state index contributed by atoms with van der Waals surface area (Å²) in [6.07, 6.45) is 0.747. The lowest BCUT2D eigenvalue weighted by atomic mass is 10.0. The van der Waals surface area contributed by atoms with Crippen LogP contribution in [0.4, 0.5) is 4.39 Å². The van der Waals surface area contributed by atoms with Gasteiger partial charge in [0, 0.05) is 11.9 Å². The van der Waals surface area contributed by atoms with Crippen LogP contribution in [0.15, 0.2) is 18.2 Å². The highest BCUT2D eigenvalue weighted by Crippen LogP contribution is 2.18. The lowest BCUT2D eigenvalue weighted by molar-refractivity contribution is 0.0932. The zero-order valence-electron chi connectivity index (χ0n) is 10.3. The van der Waals surface area contributed by atoms with Crippen molar-refractivity contribution in [3.8, 4) is 0 Å². The number of carbonyl (C=O) groups excluding carboxylic acids is 1. The third kappa shape index (κ3) is 4.14. The van der Waals surface area contributed by atoms with Gasteiger partial charge in [-0.15, -0.1) is 11.6 Å². The predicted molar refractivity (Wildman–Crippen MR) is 72.8 cm³/mol. The van der Waals surface area contributed by atoms with E-state index < -0.39 is 11.7 Å². The molecule has 1 unspecified atom stereocenters. The van der Waals surface area contributed by atoms with E-state index >= 15 is 0 Å². The Bertz CT molecular complexity index is 423. The average molecular weight is 292 g/mol. The number of amides is 1. The number of benzene rings is 1. The van der Waals surface area contributed by atoms with Crippen LogP contribution in [0.25, 0.3) is 0 Å². The van der Waals surface area contributed by atoms with Gasteiger partial charge in [0.2, 0.25) is 0 Å². The second-order valence-electron chi connectivity index (χ2n) is 4.56. The Morgan fingerprint density at radius 2 is 2.11 bits per heavy atom. The molecule has 0 aliphatic heterocycles. The minimum Gasteiger partial charge on any atom is -0.348 e. The van der Waals surface area contributed by atoms with E-state index in [0.717, 1.165) is 6.42 Å². The zero-order valence-corrected chi connectivity index (χ0v) is 11.9. The van der Waals surface area contributed by atoms with E-state index in [1.165, 1.54) is 12.1 Å². The predicted octanol–water partition coefficient (Wildman–Crippen LogP) is 3.86. The van der Waals surface area contributed by atoms with E-state index in [1.54, 1.807) is 6.07 Å². The molecule has 0 bridgehead atoms. The maximum Gasteiger partial charge on any atom is 0.254 e. The van der Waals surface area contributed by atoms with Crippen LogP contribution >= 0.6 is 23.2 Å². The number of rotatable bonds is 5. The molecule has 0 radical (unpaired) electrons. The molecule has 0 aliphatic carbocycles. The summed E-state index contributed by atoms with van der Waals surface area (Å²) in [7, 11) is 0. The van der Waals surface area contributed by atoms with Crippen LogP contribution in [0.5, 0.6) is 0 Å². The summed E-state index contributed by atoms with van der Waals surface area (Å²) < 4.78 is 13.6. The molecule has 5 heteroatoms. The normalized spacial score (nSPS) is 12.6. The van der Waals surface area contributed by atoms with Crippen molar-refractivity contribution >= 4 is 29.1 Å². The first-order valence-corrected chi connectivity index (χ1v) is 6.67. The molecular weight excluding hydrogens is 276 g/mol. The fourth-order valence-corrected chi connectivity index (χ4v) is 2.05. The Hall–Kier alpha value is -0.800. The van der Waals surface area contributed by atoms with Crippen molar-refractivity contribution in [2.75, 3.05) is 5.88 Å². The Balaban J connectivity index is 2.78. The van der Waals surface area contributed by atoms with Crippen LogP contribution in [0.2, 0.25) is 5.02 Å². The van der Waals surface area contributed by atoms with Gasteiger partial charge in [-0.1, -0.05) is 31.5 Å². The van der Waals surface area contributed by atoms with Gasteiger partial charge in [-0.25, -0.2) is 4.39 Å². The first-order chi connectivity index (χ1) is 8.45. The maximum atomic E-state index is 13.6. The summed E-state index contributed by atoms with van der Waals surface area (Å²) in [6.45, 7) is 4.07. The minimum absolute atomic E-state index is 0.0543. The van der Waals surface area contributed by atoms with Crippen molar-refractivity contribution < 1.29 is 9.18 Å². The molecule has 0 aromatic heterocycles. The molecule has 1 N–H and O–H groups in total. The number of halogens is 3. The van der Waals surface area contributed by atoms with E-state index in [0.29, 0.717) is 11.8 Å². The molecule has 100 valence electrons. The third-order valence-electron chi connectivity index (χ3n) is 2.47. The van der Waals surface area contributed by atoms with Crippen molar-refractivity contribution in [3.63, 3.8) is 0 Å². The summed E-state index contributed by atoms with van der Waals surface area (Å²) in [5, 5.41) is 2.65. The number of carbonyl (C=O) groups is 1. The summed E-state index contributed by atoms with van der Waals surface area (Å²) in [4.78, 5) is 11.9. The minimum atomic E-state index is -0.700. The monoisotopic (exact) mass is 291 g/mol. The highest BCUT2D eigenvalue weighted by molar-refractivity contribution is 6.31. The first-order valence-electron chi connectivity index (χ1n) is 5.76. The molecule has 1 aromatic rings. The maximum absolute atomic E-state index is 13.6.